The van der Waals surface area contributed by atoms with Crippen molar-refractivity contribution in [2.24, 2.45) is 0 Å². The molecule has 1 nitrogen and oxygen atoms in total. The molecule has 0 saturated carbocycles. The molecule has 1 heterocycles. The van der Waals surface area contributed by atoms with Crippen LogP contribution in [0.5, 0.6) is 0 Å². The van der Waals surface area contributed by atoms with Crippen molar-refractivity contribution in [3.8, 4) is 0 Å². The molecule has 1 heteroatoms. The van der Waals surface area contributed by atoms with Gasteiger partial charge in [-0.15, -0.1) is 0 Å². The van der Waals surface area contributed by atoms with Gasteiger partial charge in [0.1, 0.15) is 0 Å². The van der Waals surface area contributed by atoms with Crippen molar-refractivity contribution in [2.75, 3.05) is 5.32 Å². The first-order valence-corrected chi connectivity index (χ1v) is 6.15. The molecule has 86 valence electrons. The highest BCUT2D eigenvalue weighted by Gasteiger charge is 2.21. The summed E-state index contributed by atoms with van der Waals surface area (Å²) >= 11 is 0. The third kappa shape index (κ3) is 1.93. The van der Waals surface area contributed by atoms with E-state index in [-0.39, 0.29) is 0 Å². The summed E-state index contributed by atoms with van der Waals surface area (Å²) in [7, 11) is 0. The smallest absolute Gasteiger partial charge is 0.0555 e. The van der Waals surface area contributed by atoms with E-state index in [1.165, 1.54) is 27.9 Å². The van der Waals surface area contributed by atoms with Crippen LogP contribution >= 0.6 is 0 Å². The van der Waals surface area contributed by atoms with E-state index >= 15 is 0 Å². The van der Waals surface area contributed by atoms with Crippen LogP contribution in [0.1, 0.15) is 28.3 Å². The minimum absolute atomic E-state index is 0.436. The Morgan fingerprint density at radius 2 is 1.71 bits per heavy atom. The fourth-order valence-corrected chi connectivity index (χ4v) is 2.71. The van der Waals surface area contributed by atoms with Crippen molar-refractivity contribution in [3.05, 3.63) is 64.7 Å². The topological polar surface area (TPSA) is 12.0 Å². The Morgan fingerprint density at radius 3 is 2.41 bits per heavy atom. The lowest BCUT2D eigenvalue weighted by Gasteiger charge is -2.13. The molecule has 0 saturated heterocycles. The molecular weight excluding hydrogens is 206 g/mol. The van der Waals surface area contributed by atoms with Gasteiger partial charge in [-0.1, -0.05) is 47.5 Å². The molecule has 0 unspecified atom stereocenters. The van der Waals surface area contributed by atoms with Gasteiger partial charge in [0.25, 0.3) is 0 Å². The van der Waals surface area contributed by atoms with Gasteiger partial charge in [0.05, 0.1) is 6.04 Å². The lowest BCUT2D eigenvalue weighted by atomic mass is 9.99. The molecule has 0 spiro atoms. The zero-order valence-corrected chi connectivity index (χ0v) is 10.3. The number of nitrogens with one attached hydrogen (secondary N) is 1. The second-order valence-electron chi connectivity index (χ2n) is 4.98. The van der Waals surface area contributed by atoms with Crippen molar-refractivity contribution in [2.45, 2.75) is 26.3 Å². The Morgan fingerprint density at radius 1 is 1.00 bits per heavy atom. The van der Waals surface area contributed by atoms with Gasteiger partial charge >= 0.3 is 0 Å². The Balaban J connectivity index is 1.93. The molecule has 1 N–H and O–H groups in total. The zero-order chi connectivity index (χ0) is 11.8. The van der Waals surface area contributed by atoms with Crippen LogP contribution in [0.25, 0.3) is 0 Å². The summed E-state index contributed by atoms with van der Waals surface area (Å²) in [6.45, 7) is 4.33. The first-order valence-electron chi connectivity index (χ1n) is 6.15. The standard InChI is InChI=1S/C16H17N/c1-11-7-12(2)9-14(8-11)16-10-13-5-3-4-6-15(13)17-16/h3-9,16-17H,10H2,1-2H3/t16-/m0/s1. The quantitative estimate of drug-likeness (QED) is 0.770. The average molecular weight is 223 g/mol. The van der Waals surface area contributed by atoms with Crippen LogP contribution in [-0.2, 0) is 6.42 Å². The first kappa shape index (κ1) is 10.4. The van der Waals surface area contributed by atoms with Crippen molar-refractivity contribution >= 4 is 5.69 Å². The number of benzene rings is 2. The molecular formula is C16H17N. The summed E-state index contributed by atoms with van der Waals surface area (Å²) < 4.78 is 0. The fraction of sp³-hybridized carbons (Fsp3) is 0.250. The Kier molecular flexibility index (Phi) is 2.40. The fourth-order valence-electron chi connectivity index (χ4n) is 2.71. The number of anilines is 1. The van der Waals surface area contributed by atoms with E-state index in [9.17, 15) is 0 Å². The summed E-state index contributed by atoms with van der Waals surface area (Å²) in [5.74, 6) is 0. The molecule has 0 bridgehead atoms. The van der Waals surface area contributed by atoms with E-state index in [1.54, 1.807) is 0 Å². The van der Waals surface area contributed by atoms with Gasteiger partial charge in [0.15, 0.2) is 0 Å². The van der Waals surface area contributed by atoms with E-state index in [2.05, 4.69) is 61.6 Å². The molecule has 0 aromatic heterocycles. The SMILES string of the molecule is Cc1cc(C)cc([C@@H]2Cc3ccccc3N2)c1. The van der Waals surface area contributed by atoms with Crippen molar-refractivity contribution in [3.63, 3.8) is 0 Å². The maximum absolute atomic E-state index is 3.61. The van der Waals surface area contributed by atoms with Gasteiger partial charge in [-0.3, -0.25) is 0 Å². The molecule has 2 aromatic carbocycles. The maximum atomic E-state index is 3.61. The molecule has 0 aliphatic carbocycles. The lowest BCUT2D eigenvalue weighted by molar-refractivity contribution is 0.821. The number of hydrogen-bond donors (Lipinski definition) is 1. The molecule has 2 aromatic rings. The number of aryl methyl sites for hydroxylation is 2. The van der Waals surface area contributed by atoms with E-state index in [1.807, 2.05) is 0 Å². The second kappa shape index (κ2) is 3.92. The molecule has 1 aliphatic heterocycles. The van der Waals surface area contributed by atoms with Crippen molar-refractivity contribution in [1.82, 2.24) is 0 Å². The number of hydrogen-bond acceptors (Lipinski definition) is 1. The zero-order valence-electron chi connectivity index (χ0n) is 10.3. The Bertz CT molecular complexity index is 512. The highest BCUT2D eigenvalue weighted by Crippen LogP contribution is 2.34. The third-order valence-electron chi connectivity index (χ3n) is 3.42. The van der Waals surface area contributed by atoms with Crippen LogP contribution < -0.4 is 5.32 Å². The molecule has 3 rings (SSSR count). The minimum Gasteiger partial charge on any atom is -0.378 e. The first-order chi connectivity index (χ1) is 8.22. The molecule has 1 aliphatic rings. The van der Waals surface area contributed by atoms with Crippen molar-refractivity contribution < 1.29 is 0 Å². The molecule has 0 amide bonds. The summed E-state index contributed by atoms with van der Waals surface area (Å²) in [5.41, 5.74) is 6.81. The Labute approximate surface area is 102 Å². The molecule has 17 heavy (non-hydrogen) atoms. The van der Waals surface area contributed by atoms with Crippen LogP contribution in [0.15, 0.2) is 42.5 Å². The summed E-state index contributed by atoms with van der Waals surface area (Å²) in [4.78, 5) is 0. The van der Waals surface area contributed by atoms with Gasteiger partial charge in [-0.25, -0.2) is 0 Å². The van der Waals surface area contributed by atoms with E-state index in [0.29, 0.717) is 6.04 Å². The lowest BCUT2D eigenvalue weighted by Crippen LogP contribution is -2.06. The van der Waals surface area contributed by atoms with E-state index in [4.69, 9.17) is 0 Å². The van der Waals surface area contributed by atoms with E-state index < -0.39 is 0 Å². The molecule has 1 atom stereocenters. The normalized spacial score (nSPS) is 17.6. The summed E-state index contributed by atoms with van der Waals surface area (Å²) in [5, 5.41) is 3.61. The van der Waals surface area contributed by atoms with Gasteiger partial charge in [-0.05, 0) is 37.5 Å². The van der Waals surface area contributed by atoms with Gasteiger partial charge < -0.3 is 5.32 Å². The predicted molar refractivity (Wildman–Crippen MR) is 72.4 cm³/mol. The molecule has 0 radical (unpaired) electrons. The monoisotopic (exact) mass is 223 g/mol. The van der Waals surface area contributed by atoms with E-state index in [0.717, 1.165) is 6.42 Å². The minimum atomic E-state index is 0.436. The largest absolute Gasteiger partial charge is 0.378 e. The highest BCUT2D eigenvalue weighted by atomic mass is 14.9. The van der Waals surface area contributed by atoms with Crippen LogP contribution in [0.3, 0.4) is 0 Å². The predicted octanol–water partition coefficient (Wildman–Crippen LogP) is 4.01. The van der Waals surface area contributed by atoms with Crippen LogP contribution in [0.4, 0.5) is 5.69 Å². The van der Waals surface area contributed by atoms with Crippen molar-refractivity contribution in [1.29, 1.82) is 0 Å². The highest BCUT2D eigenvalue weighted by molar-refractivity contribution is 5.58. The average Bonchev–Trinajstić information content (AvgIpc) is 2.71. The van der Waals surface area contributed by atoms with Crippen LogP contribution in [0, 0.1) is 13.8 Å². The van der Waals surface area contributed by atoms with Gasteiger partial charge in [0, 0.05) is 5.69 Å². The van der Waals surface area contributed by atoms with Gasteiger partial charge in [0.2, 0.25) is 0 Å². The van der Waals surface area contributed by atoms with Crippen LogP contribution in [0.2, 0.25) is 0 Å². The van der Waals surface area contributed by atoms with Gasteiger partial charge in [-0.2, -0.15) is 0 Å². The summed E-state index contributed by atoms with van der Waals surface area (Å²) in [6.07, 6.45) is 1.10. The van der Waals surface area contributed by atoms with Crippen LogP contribution in [-0.4, -0.2) is 0 Å². The number of fused-ring (bicyclic) bond motifs is 1. The Hall–Kier alpha value is -1.76. The maximum Gasteiger partial charge on any atom is 0.0555 e. The molecule has 0 fully saturated rings. The summed E-state index contributed by atoms with van der Waals surface area (Å²) in [6, 6.07) is 15.8. The second-order valence-corrected chi connectivity index (χ2v) is 4.98. The third-order valence-corrected chi connectivity index (χ3v) is 3.42. The number of para-hydroxylation sites is 1. The number of rotatable bonds is 1.